The van der Waals surface area contributed by atoms with Crippen molar-refractivity contribution in [1.82, 2.24) is 25.1 Å². The number of carboxylic acid groups (broad SMARTS) is 1. The van der Waals surface area contributed by atoms with Gasteiger partial charge in [0.05, 0.1) is 6.04 Å². The van der Waals surface area contributed by atoms with Crippen LogP contribution in [0.3, 0.4) is 0 Å². The van der Waals surface area contributed by atoms with Crippen molar-refractivity contribution < 1.29 is 9.90 Å². The van der Waals surface area contributed by atoms with Crippen LogP contribution >= 0.6 is 0 Å². The third-order valence-electron chi connectivity index (χ3n) is 4.22. The first-order valence-corrected chi connectivity index (χ1v) is 8.03. The maximum atomic E-state index is 11.1. The van der Waals surface area contributed by atoms with Crippen LogP contribution in [0, 0.1) is 0 Å². The summed E-state index contributed by atoms with van der Waals surface area (Å²) >= 11 is 0. The van der Waals surface area contributed by atoms with Crippen molar-refractivity contribution in [3.63, 3.8) is 0 Å². The van der Waals surface area contributed by atoms with Gasteiger partial charge in [-0.05, 0) is 18.9 Å². The first-order valence-electron chi connectivity index (χ1n) is 8.03. The average Bonchev–Trinajstić information content (AvgIpc) is 3.32. The molecule has 0 spiro atoms. The average molecular weight is 336 g/mol. The molecule has 8 nitrogen and oxygen atoms in total. The van der Waals surface area contributed by atoms with Crippen LogP contribution < -0.4 is 4.90 Å². The summed E-state index contributed by atoms with van der Waals surface area (Å²) in [7, 11) is 0. The Balaban J connectivity index is 1.63. The Labute approximate surface area is 143 Å². The van der Waals surface area contributed by atoms with Gasteiger partial charge in [-0.3, -0.25) is 5.10 Å². The summed E-state index contributed by atoms with van der Waals surface area (Å²) in [6, 6.07) is 11.1. The van der Waals surface area contributed by atoms with Gasteiger partial charge in [0.2, 0.25) is 5.95 Å². The Morgan fingerprint density at radius 3 is 2.84 bits per heavy atom. The highest BCUT2D eigenvalue weighted by Gasteiger charge is 2.31. The van der Waals surface area contributed by atoms with Crippen LogP contribution in [0.25, 0.3) is 11.4 Å². The molecule has 0 bridgehead atoms. The number of rotatable bonds is 4. The number of aromatic nitrogens is 5. The van der Waals surface area contributed by atoms with Crippen LogP contribution in [0.1, 0.15) is 35.2 Å². The van der Waals surface area contributed by atoms with Crippen molar-refractivity contribution in [2.24, 2.45) is 0 Å². The SMILES string of the molecule is O=C(O)c1ccnc(N2CCCC2c2nc(-c3ccccc3)n[nH]2)n1. The molecule has 1 unspecified atom stereocenters. The summed E-state index contributed by atoms with van der Waals surface area (Å²) in [5.41, 5.74) is 0.928. The van der Waals surface area contributed by atoms with Crippen LogP contribution in [0.2, 0.25) is 0 Å². The zero-order valence-corrected chi connectivity index (χ0v) is 13.3. The summed E-state index contributed by atoms with van der Waals surface area (Å²) in [5.74, 6) is 0.717. The van der Waals surface area contributed by atoms with E-state index < -0.39 is 5.97 Å². The standard InChI is InChI=1S/C17H16N6O2/c24-16(25)12-8-9-18-17(19-12)23-10-4-7-13(23)15-20-14(21-22-15)11-5-2-1-3-6-11/h1-3,5-6,8-9,13H,4,7,10H2,(H,24,25)(H,20,21,22). The molecule has 25 heavy (non-hydrogen) atoms. The van der Waals surface area contributed by atoms with Crippen molar-refractivity contribution in [3.8, 4) is 11.4 Å². The molecule has 0 radical (unpaired) electrons. The predicted molar refractivity (Wildman–Crippen MR) is 90.1 cm³/mol. The van der Waals surface area contributed by atoms with Gasteiger partial charge in [-0.25, -0.2) is 19.7 Å². The van der Waals surface area contributed by atoms with E-state index in [9.17, 15) is 4.79 Å². The lowest BCUT2D eigenvalue weighted by Gasteiger charge is -2.22. The van der Waals surface area contributed by atoms with Crippen LogP contribution in [0.5, 0.6) is 0 Å². The van der Waals surface area contributed by atoms with E-state index in [-0.39, 0.29) is 11.7 Å². The van der Waals surface area contributed by atoms with Crippen molar-refractivity contribution in [2.45, 2.75) is 18.9 Å². The first kappa shape index (κ1) is 15.3. The van der Waals surface area contributed by atoms with Gasteiger partial charge in [-0.1, -0.05) is 30.3 Å². The summed E-state index contributed by atoms with van der Waals surface area (Å²) in [6.45, 7) is 0.745. The first-order chi connectivity index (χ1) is 12.2. The maximum Gasteiger partial charge on any atom is 0.354 e. The largest absolute Gasteiger partial charge is 0.477 e. The minimum absolute atomic E-state index is 0.0156. The van der Waals surface area contributed by atoms with E-state index in [0.717, 1.165) is 30.8 Å². The second kappa shape index (κ2) is 6.31. The lowest BCUT2D eigenvalue weighted by Crippen LogP contribution is -2.26. The van der Waals surface area contributed by atoms with Crippen molar-refractivity contribution >= 4 is 11.9 Å². The second-order valence-electron chi connectivity index (χ2n) is 5.81. The van der Waals surface area contributed by atoms with Crippen molar-refractivity contribution in [3.05, 3.63) is 54.1 Å². The number of carbonyl (C=O) groups is 1. The monoisotopic (exact) mass is 336 g/mol. The van der Waals surface area contributed by atoms with E-state index in [1.165, 1.54) is 12.3 Å². The molecule has 2 aromatic heterocycles. The molecular formula is C17H16N6O2. The molecule has 0 aliphatic carbocycles. The lowest BCUT2D eigenvalue weighted by atomic mass is 10.2. The number of aromatic carboxylic acids is 1. The number of nitrogens with zero attached hydrogens (tertiary/aromatic N) is 5. The summed E-state index contributed by atoms with van der Waals surface area (Å²) in [4.78, 5) is 26.1. The number of anilines is 1. The molecule has 126 valence electrons. The van der Waals surface area contributed by atoms with E-state index in [1.54, 1.807) is 0 Å². The van der Waals surface area contributed by atoms with Gasteiger partial charge in [-0.15, -0.1) is 0 Å². The minimum atomic E-state index is -1.06. The van der Waals surface area contributed by atoms with Crippen LogP contribution in [0.4, 0.5) is 5.95 Å². The molecular weight excluding hydrogens is 320 g/mol. The molecule has 1 aliphatic rings. The summed E-state index contributed by atoms with van der Waals surface area (Å²) < 4.78 is 0. The normalized spacial score (nSPS) is 17.0. The van der Waals surface area contributed by atoms with Gasteiger partial charge in [0.15, 0.2) is 11.5 Å². The van der Waals surface area contributed by atoms with Gasteiger partial charge >= 0.3 is 5.97 Å². The van der Waals surface area contributed by atoms with Crippen LogP contribution in [0.15, 0.2) is 42.6 Å². The third kappa shape index (κ3) is 2.93. The fraction of sp³-hybridized carbons (Fsp3) is 0.235. The fourth-order valence-electron chi connectivity index (χ4n) is 3.04. The summed E-state index contributed by atoms with van der Waals surface area (Å²) in [6.07, 6.45) is 3.30. The van der Waals surface area contributed by atoms with Crippen LogP contribution in [-0.4, -0.2) is 42.8 Å². The number of aromatic amines is 1. The van der Waals surface area contributed by atoms with Crippen molar-refractivity contribution in [1.29, 1.82) is 0 Å². The fourth-order valence-corrected chi connectivity index (χ4v) is 3.04. The lowest BCUT2D eigenvalue weighted by molar-refractivity contribution is 0.0690. The van der Waals surface area contributed by atoms with E-state index in [1.807, 2.05) is 35.2 Å². The Kier molecular flexibility index (Phi) is 3.85. The second-order valence-corrected chi connectivity index (χ2v) is 5.81. The molecule has 8 heteroatoms. The molecule has 2 N–H and O–H groups in total. The third-order valence-corrected chi connectivity index (χ3v) is 4.22. The Morgan fingerprint density at radius 1 is 1.20 bits per heavy atom. The summed E-state index contributed by atoms with van der Waals surface area (Å²) in [5, 5.41) is 16.4. The maximum absolute atomic E-state index is 11.1. The van der Waals surface area contributed by atoms with E-state index >= 15 is 0 Å². The van der Waals surface area contributed by atoms with Gasteiger partial charge in [0.25, 0.3) is 0 Å². The van der Waals surface area contributed by atoms with E-state index in [0.29, 0.717) is 11.8 Å². The molecule has 1 atom stereocenters. The van der Waals surface area contributed by atoms with Gasteiger partial charge < -0.3 is 10.0 Å². The molecule has 3 heterocycles. The number of hydrogen-bond donors (Lipinski definition) is 2. The zero-order chi connectivity index (χ0) is 17.2. The number of hydrogen-bond acceptors (Lipinski definition) is 6. The predicted octanol–water partition coefficient (Wildman–Crippen LogP) is 2.30. The number of H-pyrrole nitrogens is 1. The molecule has 1 aromatic carbocycles. The van der Waals surface area contributed by atoms with Gasteiger partial charge in [-0.2, -0.15) is 5.10 Å². The van der Waals surface area contributed by atoms with E-state index in [2.05, 4.69) is 25.1 Å². The highest BCUT2D eigenvalue weighted by molar-refractivity contribution is 5.85. The van der Waals surface area contributed by atoms with Crippen molar-refractivity contribution in [2.75, 3.05) is 11.4 Å². The molecule has 1 saturated heterocycles. The Morgan fingerprint density at radius 2 is 2.04 bits per heavy atom. The minimum Gasteiger partial charge on any atom is -0.477 e. The van der Waals surface area contributed by atoms with Crippen LogP contribution in [-0.2, 0) is 0 Å². The number of nitrogens with one attached hydrogen (secondary N) is 1. The molecule has 1 aliphatic heterocycles. The highest BCUT2D eigenvalue weighted by atomic mass is 16.4. The molecule has 3 aromatic rings. The Hall–Kier alpha value is -3.29. The van der Waals surface area contributed by atoms with Gasteiger partial charge in [0.1, 0.15) is 5.82 Å². The highest BCUT2D eigenvalue weighted by Crippen LogP contribution is 2.33. The number of carboxylic acids is 1. The smallest absolute Gasteiger partial charge is 0.354 e. The zero-order valence-electron chi connectivity index (χ0n) is 13.3. The molecule has 0 amide bonds. The van der Waals surface area contributed by atoms with E-state index in [4.69, 9.17) is 5.11 Å². The molecule has 1 fully saturated rings. The Bertz CT molecular complexity index is 895. The molecule has 0 saturated carbocycles. The topological polar surface area (TPSA) is 108 Å². The quantitative estimate of drug-likeness (QED) is 0.752. The molecule has 4 rings (SSSR count). The van der Waals surface area contributed by atoms with Gasteiger partial charge in [0, 0.05) is 18.3 Å². The number of benzene rings is 1.